The Hall–Kier alpha value is -1.39. The van der Waals surface area contributed by atoms with Crippen molar-refractivity contribution in [1.29, 1.82) is 0 Å². The Bertz CT molecular complexity index is 1390. The molecule has 2 unspecified atom stereocenters. The average molecular weight is 757 g/mol. The Morgan fingerprint density at radius 3 is 1.24 bits per heavy atom. The van der Waals surface area contributed by atoms with Gasteiger partial charge in [-0.25, -0.2) is 0 Å². The van der Waals surface area contributed by atoms with Crippen molar-refractivity contribution >= 4 is 51.5 Å². The van der Waals surface area contributed by atoms with Gasteiger partial charge in [0.2, 0.25) is 0 Å². The van der Waals surface area contributed by atoms with Crippen LogP contribution in [0.3, 0.4) is 0 Å². The van der Waals surface area contributed by atoms with Crippen molar-refractivity contribution in [2.75, 3.05) is 0 Å². The van der Waals surface area contributed by atoms with Crippen molar-refractivity contribution in [2.45, 2.75) is 32.4 Å². The van der Waals surface area contributed by atoms with E-state index in [0.29, 0.717) is 11.8 Å². The van der Waals surface area contributed by atoms with Gasteiger partial charge in [0.15, 0.2) is 0 Å². The fourth-order valence-electron chi connectivity index (χ4n) is 7.34. The number of benzene rings is 3. The van der Waals surface area contributed by atoms with E-state index >= 15 is 0 Å². The summed E-state index contributed by atoms with van der Waals surface area (Å²) in [6.07, 6.45) is 5.11. The van der Waals surface area contributed by atoms with E-state index < -0.39 is 15.4 Å². The molecule has 3 aromatic rings. The Labute approximate surface area is 241 Å². The summed E-state index contributed by atoms with van der Waals surface area (Å²) in [7, 11) is 0. The molecule has 2 aliphatic rings. The molecule has 2 aliphatic carbocycles. The van der Waals surface area contributed by atoms with Gasteiger partial charge >= 0.3 is 218 Å². The molecule has 0 aliphatic heterocycles. The van der Waals surface area contributed by atoms with E-state index in [4.69, 9.17) is 0 Å². The molecule has 0 radical (unpaired) electrons. The van der Waals surface area contributed by atoms with Gasteiger partial charge < -0.3 is 0 Å². The van der Waals surface area contributed by atoms with E-state index in [1.165, 1.54) is 45.6 Å². The van der Waals surface area contributed by atoms with Gasteiger partial charge in [-0.1, -0.05) is 0 Å². The number of hydrogen-bond donors (Lipinski definition) is 0. The Balaban J connectivity index is 0.00000190. The maximum Gasteiger partial charge on any atom is -0.147 e. The topological polar surface area (TPSA) is 0 Å². The van der Waals surface area contributed by atoms with E-state index in [1.807, 2.05) is 0 Å². The van der Waals surface area contributed by atoms with Crippen LogP contribution in [-0.2, 0) is 15.4 Å². The zero-order valence-corrected chi connectivity index (χ0v) is 30.7. The fourth-order valence-corrected chi connectivity index (χ4v) is 56.5. The molecule has 5 rings (SSSR count). The molecule has 3 aromatic carbocycles. The minimum atomic E-state index is -3.98. The van der Waals surface area contributed by atoms with Crippen LogP contribution in [0.1, 0.15) is 38.8 Å². The van der Waals surface area contributed by atoms with Crippen LogP contribution in [0.4, 0.5) is 0 Å². The van der Waals surface area contributed by atoms with Crippen molar-refractivity contribution in [3.05, 3.63) is 132 Å². The smallest absolute Gasteiger partial charge is 0.147 e. The maximum atomic E-state index is 2.76. The SMILES string of the molecule is CC1=[C]([Hf]([CH3])(=[GeH2])([C]2=C(C)C(c3ccccc3)=CC2C)[c]2ccccc2)C(C)C=C1c1ccccc1.Cl.Cl. The second-order valence-electron chi connectivity index (χ2n) is 10.9. The van der Waals surface area contributed by atoms with E-state index in [2.05, 4.69) is 136 Å². The van der Waals surface area contributed by atoms with Crippen molar-refractivity contribution < 1.29 is 15.4 Å². The minimum absolute atomic E-state index is 0. The summed E-state index contributed by atoms with van der Waals surface area (Å²) in [5.74, 6) is 0.931. The first-order valence-electron chi connectivity index (χ1n) is 12.8. The molecule has 0 heterocycles. The third kappa shape index (κ3) is 4.91. The molecule has 37 heavy (non-hydrogen) atoms. The Morgan fingerprint density at radius 2 is 0.892 bits per heavy atom. The molecule has 2 atom stereocenters. The molecule has 0 spiro atoms. The summed E-state index contributed by atoms with van der Waals surface area (Å²) in [6, 6.07) is 33.7. The molecular formula is C33H38Cl2GeHf. The number of rotatable bonds is 5. The molecule has 4 heteroatoms. The van der Waals surface area contributed by atoms with Crippen LogP contribution < -0.4 is 3.32 Å². The van der Waals surface area contributed by atoms with Crippen LogP contribution in [0, 0.1) is 11.8 Å². The quantitative estimate of drug-likeness (QED) is 0.230. The van der Waals surface area contributed by atoms with E-state index in [0.717, 1.165) is 0 Å². The Kier molecular flexibility index (Phi) is 9.28. The number of hydrogen-bond acceptors (Lipinski definition) is 0. The van der Waals surface area contributed by atoms with Crippen LogP contribution in [0.5, 0.6) is 0 Å². The first-order valence-corrected chi connectivity index (χ1v) is 36.5. The predicted octanol–water partition coefficient (Wildman–Crippen LogP) is 8.46. The van der Waals surface area contributed by atoms with Crippen molar-refractivity contribution in [1.82, 2.24) is 0 Å². The third-order valence-corrected chi connectivity index (χ3v) is 51.9. The van der Waals surface area contributed by atoms with Gasteiger partial charge in [0.25, 0.3) is 0 Å². The summed E-state index contributed by atoms with van der Waals surface area (Å²) in [6.45, 7) is 9.73. The molecule has 0 nitrogen and oxygen atoms in total. The molecule has 192 valence electrons. The van der Waals surface area contributed by atoms with Gasteiger partial charge in [-0.05, 0) is 0 Å². The second kappa shape index (κ2) is 11.4. The number of halogens is 2. The van der Waals surface area contributed by atoms with E-state index in [-0.39, 0.29) is 24.8 Å². The number of allylic oxidation sites excluding steroid dienone is 8. The summed E-state index contributed by atoms with van der Waals surface area (Å²) in [5.41, 5.74) is 8.68. The van der Waals surface area contributed by atoms with Gasteiger partial charge in [-0.2, -0.15) is 0 Å². The van der Waals surface area contributed by atoms with Crippen molar-refractivity contribution in [3.63, 3.8) is 0 Å². The van der Waals surface area contributed by atoms with E-state index in [1.54, 1.807) is 9.98 Å². The van der Waals surface area contributed by atoms with Crippen LogP contribution in [-0.4, -0.2) is 12.2 Å². The predicted molar refractivity (Wildman–Crippen MR) is 168 cm³/mol. The molecular weight excluding hydrogens is 718 g/mol. The first-order chi connectivity index (χ1) is 16.7. The first kappa shape index (κ1) is 30.2. The summed E-state index contributed by atoms with van der Waals surface area (Å²) < 4.78 is 7.98. The standard InChI is InChI=1S/2C13H13.C6H5.CH3.2ClH.GeH2.Hf/c2*1-10-8-11(2)13(9-10)12-6-4-3-5-7-12;1-2-4-6-5-3-1;;;;;/h2*3-7,9-10H,1-2H3;1-5H;1H3;2*1H;1H2;. The van der Waals surface area contributed by atoms with Crippen LogP contribution in [0.15, 0.2) is 121 Å². The second-order valence-corrected chi connectivity index (χ2v) is 61.7. The molecule has 0 N–H and O–H groups in total. The monoisotopic (exact) mass is 758 g/mol. The maximum absolute atomic E-state index is 3.98. The van der Waals surface area contributed by atoms with Gasteiger partial charge in [-0.3, -0.25) is 0 Å². The third-order valence-electron chi connectivity index (χ3n) is 8.54. The molecule has 0 amide bonds. The van der Waals surface area contributed by atoms with Gasteiger partial charge in [0.1, 0.15) is 0 Å². The zero-order chi connectivity index (χ0) is 24.8. The van der Waals surface area contributed by atoms with Gasteiger partial charge in [0.05, 0.1) is 0 Å². The molecule has 0 saturated carbocycles. The largest absolute Gasteiger partial charge is 0.147 e. The normalized spacial score (nSPS) is 19.7. The fraction of sp³-hybridized carbons (Fsp3) is 0.212. The zero-order valence-electron chi connectivity index (χ0n) is 22.5. The van der Waals surface area contributed by atoms with Crippen molar-refractivity contribution in [3.8, 4) is 0 Å². The van der Waals surface area contributed by atoms with Crippen LogP contribution in [0.2, 0.25) is 4.68 Å². The summed E-state index contributed by atoms with van der Waals surface area (Å²) in [5, 5.41) is 0. The van der Waals surface area contributed by atoms with Crippen LogP contribution >= 0.6 is 24.8 Å². The molecule has 0 bridgehead atoms. The molecule has 0 saturated heterocycles. The van der Waals surface area contributed by atoms with E-state index in [9.17, 15) is 0 Å². The summed E-state index contributed by atoms with van der Waals surface area (Å²) >= 11 is -2.63. The van der Waals surface area contributed by atoms with Crippen molar-refractivity contribution in [2.24, 2.45) is 11.8 Å². The van der Waals surface area contributed by atoms with Crippen LogP contribution in [0.25, 0.3) is 11.1 Å². The Morgan fingerprint density at radius 1 is 0.568 bits per heavy atom. The average Bonchev–Trinajstić information content (AvgIpc) is 3.36. The molecule has 0 fully saturated rings. The molecule has 0 aromatic heterocycles. The minimum Gasteiger partial charge on any atom is -0.147 e. The summed E-state index contributed by atoms with van der Waals surface area (Å²) in [4.78, 5) is 0. The van der Waals surface area contributed by atoms with Gasteiger partial charge in [-0.15, -0.1) is 24.8 Å². The van der Waals surface area contributed by atoms with Gasteiger partial charge in [0, 0.05) is 0 Å².